The van der Waals surface area contributed by atoms with E-state index in [0.29, 0.717) is 0 Å². The first-order valence-corrected chi connectivity index (χ1v) is 3.75. The van der Waals surface area contributed by atoms with E-state index in [9.17, 15) is 0 Å². The van der Waals surface area contributed by atoms with Gasteiger partial charge in [-0.2, -0.15) is 0 Å². The van der Waals surface area contributed by atoms with E-state index in [-0.39, 0.29) is 6.17 Å². The Hall–Kier alpha value is -1.26. The average Bonchev–Trinajstić information content (AvgIpc) is 2.00. The van der Waals surface area contributed by atoms with Crippen LogP contribution in [0.25, 0.3) is 0 Å². The van der Waals surface area contributed by atoms with Gasteiger partial charge in [0.25, 0.3) is 0 Å². The van der Waals surface area contributed by atoms with Gasteiger partial charge in [0.1, 0.15) is 6.17 Å². The molecule has 0 saturated carbocycles. The van der Waals surface area contributed by atoms with Crippen molar-refractivity contribution in [3.05, 3.63) is 0 Å². The summed E-state index contributed by atoms with van der Waals surface area (Å²) in [5, 5.41) is 3.06. The van der Waals surface area contributed by atoms with Crippen molar-refractivity contribution >= 4 is 12.3 Å². The van der Waals surface area contributed by atoms with E-state index in [1.54, 1.807) is 7.05 Å². The summed E-state index contributed by atoms with van der Waals surface area (Å²) in [4.78, 5) is 9.83. The fourth-order valence-corrected chi connectivity index (χ4v) is 0.747. The Bertz CT molecular complexity index is 173. The highest BCUT2D eigenvalue weighted by atomic mass is 15.3. The lowest BCUT2D eigenvalue weighted by Crippen LogP contribution is -2.40. The molecule has 5 nitrogen and oxygen atoms in total. The zero-order chi connectivity index (χ0) is 9.56. The SMILES string of the molecule is CN=C(NC(C)/N=C/N)N(C)C. The van der Waals surface area contributed by atoms with Crippen LogP contribution in [0.5, 0.6) is 0 Å². The molecule has 1 atom stereocenters. The fraction of sp³-hybridized carbons (Fsp3) is 0.714. The van der Waals surface area contributed by atoms with Crippen molar-refractivity contribution in [2.24, 2.45) is 15.7 Å². The summed E-state index contributed by atoms with van der Waals surface area (Å²) in [6.07, 6.45) is 1.23. The van der Waals surface area contributed by atoms with Crippen LogP contribution in [0.2, 0.25) is 0 Å². The fourth-order valence-electron chi connectivity index (χ4n) is 0.747. The minimum atomic E-state index is -0.0453. The molecule has 0 aromatic heterocycles. The largest absolute Gasteiger partial charge is 0.390 e. The van der Waals surface area contributed by atoms with Gasteiger partial charge in [-0.25, -0.2) is 0 Å². The molecule has 0 aromatic carbocycles. The first-order valence-electron chi connectivity index (χ1n) is 3.75. The van der Waals surface area contributed by atoms with Crippen LogP contribution in [0.15, 0.2) is 9.98 Å². The summed E-state index contributed by atoms with van der Waals surface area (Å²) >= 11 is 0. The van der Waals surface area contributed by atoms with Gasteiger partial charge in [-0.15, -0.1) is 0 Å². The lowest BCUT2D eigenvalue weighted by molar-refractivity contribution is 0.556. The molecule has 12 heavy (non-hydrogen) atoms. The summed E-state index contributed by atoms with van der Waals surface area (Å²) in [5.41, 5.74) is 5.14. The molecule has 0 bridgehead atoms. The molecule has 0 rings (SSSR count). The Kier molecular flexibility index (Phi) is 4.83. The van der Waals surface area contributed by atoms with E-state index in [2.05, 4.69) is 15.3 Å². The number of aliphatic imine (C=N–C) groups is 2. The maximum absolute atomic E-state index is 5.14. The van der Waals surface area contributed by atoms with Crippen LogP contribution in [0.3, 0.4) is 0 Å². The highest BCUT2D eigenvalue weighted by Crippen LogP contribution is 1.85. The van der Waals surface area contributed by atoms with Crippen LogP contribution in [0.4, 0.5) is 0 Å². The van der Waals surface area contributed by atoms with Gasteiger partial charge in [0.05, 0.1) is 6.34 Å². The van der Waals surface area contributed by atoms with Gasteiger partial charge in [0, 0.05) is 21.1 Å². The van der Waals surface area contributed by atoms with Crippen molar-refractivity contribution in [1.82, 2.24) is 10.2 Å². The van der Waals surface area contributed by atoms with Crippen LogP contribution in [-0.4, -0.2) is 44.5 Å². The number of hydrogen-bond acceptors (Lipinski definition) is 2. The van der Waals surface area contributed by atoms with Crippen molar-refractivity contribution in [3.8, 4) is 0 Å². The van der Waals surface area contributed by atoms with Crippen molar-refractivity contribution in [1.29, 1.82) is 0 Å². The zero-order valence-electron chi connectivity index (χ0n) is 8.07. The normalized spacial score (nSPS) is 14.8. The zero-order valence-corrected chi connectivity index (χ0v) is 8.07. The number of nitrogens with one attached hydrogen (secondary N) is 1. The lowest BCUT2D eigenvalue weighted by atomic mass is 10.5. The molecular weight excluding hydrogens is 154 g/mol. The molecule has 0 aliphatic rings. The summed E-state index contributed by atoms with van der Waals surface area (Å²) in [7, 11) is 5.55. The highest BCUT2D eigenvalue weighted by molar-refractivity contribution is 5.79. The van der Waals surface area contributed by atoms with Gasteiger partial charge in [0.2, 0.25) is 0 Å². The van der Waals surface area contributed by atoms with Gasteiger partial charge < -0.3 is 16.0 Å². The van der Waals surface area contributed by atoms with Crippen molar-refractivity contribution in [2.75, 3.05) is 21.1 Å². The van der Waals surface area contributed by atoms with Crippen molar-refractivity contribution in [3.63, 3.8) is 0 Å². The number of hydrogen-bond donors (Lipinski definition) is 2. The van der Waals surface area contributed by atoms with E-state index >= 15 is 0 Å². The molecule has 0 aromatic rings. The molecule has 0 aliphatic heterocycles. The Labute approximate surface area is 73.4 Å². The number of guanidine groups is 1. The van der Waals surface area contributed by atoms with Crippen LogP contribution < -0.4 is 11.1 Å². The molecule has 5 heteroatoms. The highest BCUT2D eigenvalue weighted by Gasteiger charge is 2.02. The second-order valence-corrected chi connectivity index (χ2v) is 2.56. The third-order valence-corrected chi connectivity index (χ3v) is 1.28. The van der Waals surface area contributed by atoms with E-state index < -0.39 is 0 Å². The van der Waals surface area contributed by atoms with Gasteiger partial charge >= 0.3 is 0 Å². The Balaban J connectivity index is 4.04. The number of rotatable bonds is 2. The Morgan fingerprint density at radius 1 is 1.58 bits per heavy atom. The minimum absolute atomic E-state index is 0.0453. The molecule has 0 aliphatic carbocycles. The maximum Gasteiger partial charge on any atom is 0.194 e. The predicted molar refractivity (Wildman–Crippen MR) is 52.3 cm³/mol. The second kappa shape index (κ2) is 5.40. The quantitative estimate of drug-likeness (QED) is 0.433. The minimum Gasteiger partial charge on any atom is -0.390 e. The van der Waals surface area contributed by atoms with E-state index in [4.69, 9.17) is 5.73 Å². The third-order valence-electron chi connectivity index (χ3n) is 1.28. The standard InChI is InChI=1S/C7H17N5/c1-6(10-5-8)11-7(9-2)12(3)4/h5-6H,1-4H3,(H2,8,10)(H,9,11). The smallest absolute Gasteiger partial charge is 0.194 e. The van der Waals surface area contributed by atoms with E-state index in [0.717, 1.165) is 5.96 Å². The number of nitrogens with two attached hydrogens (primary N) is 1. The first kappa shape index (κ1) is 10.7. The van der Waals surface area contributed by atoms with Gasteiger partial charge in [-0.3, -0.25) is 9.98 Å². The van der Waals surface area contributed by atoms with Crippen LogP contribution >= 0.6 is 0 Å². The van der Waals surface area contributed by atoms with Crippen LogP contribution in [0.1, 0.15) is 6.92 Å². The molecule has 3 N–H and O–H groups in total. The third kappa shape index (κ3) is 3.80. The topological polar surface area (TPSA) is 66.0 Å². The van der Waals surface area contributed by atoms with Gasteiger partial charge in [-0.05, 0) is 6.92 Å². The molecule has 70 valence electrons. The molecule has 0 amide bonds. The molecule has 0 radical (unpaired) electrons. The summed E-state index contributed by atoms with van der Waals surface area (Å²) < 4.78 is 0. The predicted octanol–water partition coefficient (Wildman–Crippen LogP) is -0.544. The average molecular weight is 171 g/mol. The molecule has 1 unspecified atom stereocenters. The lowest BCUT2D eigenvalue weighted by Gasteiger charge is -2.18. The van der Waals surface area contributed by atoms with Crippen LogP contribution in [-0.2, 0) is 0 Å². The number of nitrogens with zero attached hydrogens (tertiary/aromatic N) is 3. The second-order valence-electron chi connectivity index (χ2n) is 2.56. The molecule has 0 saturated heterocycles. The molecule has 0 spiro atoms. The summed E-state index contributed by atoms with van der Waals surface area (Å²) in [6, 6.07) is 0. The molecule has 0 fully saturated rings. The Morgan fingerprint density at radius 2 is 2.17 bits per heavy atom. The van der Waals surface area contributed by atoms with Gasteiger partial charge in [0.15, 0.2) is 5.96 Å². The van der Waals surface area contributed by atoms with Crippen molar-refractivity contribution in [2.45, 2.75) is 13.1 Å². The maximum atomic E-state index is 5.14. The summed E-state index contributed by atoms with van der Waals surface area (Å²) in [6.45, 7) is 1.90. The van der Waals surface area contributed by atoms with E-state index in [1.807, 2.05) is 25.9 Å². The van der Waals surface area contributed by atoms with E-state index in [1.165, 1.54) is 6.34 Å². The Morgan fingerprint density at radius 3 is 2.50 bits per heavy atom. The van der Waals surface area contributed by atoms with Crippen molar-refractivity contribution < 1.29 is 0 Å². The monoisotopic (exact) mass is 171 g/mol. The molecular formula is C7H17N5. The van der Waals surface area contributed by atoms with Crippen LogP contribution in [0, 0.1) is 0 Å². The summed E-state index contributed by atoms with van der Waals surface area (Å²) in [5.74, 6) is 0.785. The first-order chi connectivity index (χ1) is 5.61. The van der Waals surface area contributed by atoms with Gasteiger partial charge in [-0.1, -0.05) is 0 Å². The molecule has 0 heterocycles.